The second kappa shape index (κ2) is 5.89. The molecule has 2 aromatic rings. The molecule has 5 heteroatoms. The second-order valence-corrected chi connectivity index (χ2v) is 4.97. The van der Waals surface area contributed by atoms with Gasteiger partial charge in [0.25, 0.3) is 0 Å². The number of nitrogens with zero attached hydrogens (tertiary/aromatic N) is 1. The van der Waals surface area contributed by atoms with Crippen molar-refractivity contribution in [3.8, 4) is 0 Å². The fraction of sp³-hybridized carbons (Fsp3) is 0.0769. The van der Waals surface area contributed by atoms with Gasteiger partial charge in [0.1, 0.15) is 5.15 Å². The zero-order valence-corrected chi connectivity index (χ0v) is 11.2. The normalized spacial score (nSPS) is 10.1. The molecule has 0 saturated heterocycles. The van der Waals surface area contributed by atoms with Crippen molar-refractivity contribution in [3.05, 3.63) is 53.3 Å². The molecule has 0 atom stereocenters. The molecule has 0 N–H and O–H groups in total. The summed E-state index contributed by atoms with van der Waals surface area (Å²) in [6, 6.07) is 10.8. The van der Waals surface area contributed by atoms with Gasteiger partial charge in [-0.25, -0.2) is 9.78 Å². The van der Waals surface area contributed by atoms with Crippen molar-refractivity contribution in [2.45, 2.75) is 9.79 Å². The molecule has 2 rings (SSSR count). The lowest BCUT2D eigenvalue weighted by Gasteiger charge is -2.03. The van der Waals surface area contributed by atoms with Gasteiger partial charge >= 0.3 is 5.97 Å². The molecule has 0 aliphatic heterocycles. The number of carbonyl (C=O) groups is 1. The van der Waals surface area contributed by atoms with Gasteiger partial charge in [0.05, 0.1) is 12.7 Å². The van der Waals surface area contributed by atoms with E-state index in [4.69, 9.17) is 11.6 Å². The van der Waals surface area contributed by atoms with E-state index >= 15 is 0 Å². The third-order valence-electron chi connectivity index (χ3n) is 2.21. The van der Waals surface area contributed by atoms with Gasteiger partial charge in [0.15, 0.2) is 0 Å². The van der Waals surface area contributed by atoms with Crippen molar-refractivity contribution in [1.82, 2.24) is 4.98 Å². The predicted octanol–water partition coefficient (Wildman–Crippen LogP) is 3.67. The summed E-state index contributed by atoms with van der Waals surface area (Å²) in [4.78, 5) is 17.3. The SMILES string of the molecule is COC(=O)c1ccc(Sc2ccc(Cl)nc2)cc1. The molecule has 18 heavy (non-hydrogen) atoms. The molecule has 92 valence electrons. The number of ether oxygens (including phenoxy) is 1. The average molecular weight is 280 g/mol. The predicted molar refractivity (Wildman–Crippen MR) is 71.2 cm³/mol. The van der Waals surface area contributed by atoms with Gasteiger partial charge in [0, 0.05) is 16.0 Å². The van der Waals surface area contributed by atoms with Crippen molar-refractivity contribution in [1.29, 1.82) is 0 Å². The standard InChI is InChI=1S/C13H10ClNO2S/c1-17-13(16)9-2-4-10(5-3-9)18-11-6-7-12(14)15-8-11/h2-8H,1H3. The van der Waals surface area contributed by atoms with Crippen LogP contribution >= 0.6 is 23.4 Å². The lowest BCUT2D eigenvalue weighted by molar-refractivity contribution is 0.0600. The van der Waals surface area contributed by atoms with E-state index in [1.807, 2.05) is 18.2 Å². The molecular formula is C13H10ClNO2S. The molecule has 0 bridgehead atoms. The molecule has 0 radical (unpaired) electrons. The van der Waals surface area contributed by atoms with Gasteiger partial charge in [-0.05, 0) is 36.4 Å². The highest BCUT2D eigenvalue weighted by Gasteiger charge is 2.05. The Morgan fingerprint density at radius 1 is 1.17 bits per heavy atom. The van der Waals surface area contributed by atoms with Crippen molar-refractivity contribution < 1.29 is 9.53 Å². The maximum absolute atomic E-state index is 11.3. The minimum atomic E-state index is -0.334. The van der Waals surface area contributed by atoms with Crippen LogP contribution in [-0.2, 0) is 4.74 Å². The summed E-state index contributed by atoms with van der Waals surface area (Å²) in [6.07, 6.45) is 1.71. The molecule has 0 unspecified atom stereocenters. The van der Waals surface area contributed by atoms with Crippen LogP contribution in [0.1, 0.15) is 10.4 Å². The quantitative estimate of drug-likeness (QED) is 0.635. The van der Waals surface area contributed by atoms with Crippen LogP contribution in [0.5, 0.6) is 0 Å². The molecule has 1 heterocycles. The number of methoxy groups -OCH3 is 1. The third-order valence-corrected chi connectivity index (χ3v) is 3.42. The average Bonchev–Trinajstić information content (AvgIpc) is 2.41. The number of pyridine rings is 1. The summed E-state index contributed by atoms with van der Waals surface area (Å²) in [6.45, 7) is 0. The first-order valence-electron chi connectivity index (χ1n) is 5.17. The second-order valence-electron chi connectivity index (χ2n) is 3.43. The molecule has 0 saturated carbocycles. The number of benzene rings is 1. The summed E-state index contributed by atoms with van der Waals surface area (Å²) in [7, 11) is 1.37. The maximum atomic E-state index is 11.3. The fourth-order valence-corrected chi connectivity index (χ4v) is 2.23. The Bertz CT molecular complexity index is 540. The lowest BCUT2D eigenvalue weighted by Crippen LogP contribution is -2.00. The van der Waals surface area contributed by atoms with Crippen LogP contribution in [-0.4, -0.2) is 18.1 Å². The highest BCUT2D eigenvalue weighted by Crippen LogP contribution is 2.27. The van der Waals surface area contributed by atoms with E-state index in [1.54, 1.807) is 36.2 Å². The number of halogens is 1. The van der Waals surface area contributed by atoms with E-state index in [0.717, 1.165) is 9.79 Å². The Morgan fingerprint density at radius 2 is 1.83 bits per heavy atom. The number of aromatic nitrogens is 1. The highest BCUT2D eigenvalue weighted by atomic mass is 35.5. The zero-order valence-electron chi connectivity index (χ0n) is 9.59. The van der Waals surface area contributed by atoms with Gasteiger partial charge in [-0.3, -0.25) is 0 Å². The molecule has 1 aromatic heterocycles. The number of rotatable bonds is 3. The van der Waals surface area contributed by atoms with Crippen LogP contribution in [0.3, 0.4) is 0 Å². The topological polar surface area (TPSA) is 39.2 Å². The van der Waals surface area contributed by atoms with Crippen LogP contribution < -0.4 is 0 Å². The van der Waals surface area contributed by atoms with E-state index in [9.17, 15) is 4.79 Å². The van der Waals surface area contributed by atoms with E-state index < -0.39 is 0 Å². The monoisotopic (exact) mass is 279 g/mol. The molecule has 0 fully saturated rings. The number of esters is 1. The minimum absolute atomic E-state index is 0.334. The van der Waals surface area contributed by atoms with Crippen molar-refractivity contribution in [3.63, 3.8) is 0 Å². The smallest absolute Gasteiger partial charge is 0.337 e. The third kappa shape index (κ3) is 3.24. The molecule has 0 aliphatic rings. The lowest BCUT2D eigenvalue weighted by atomic mass is 10.2. The summed E-state index contributed by atoms with van der Waals surface area (Å²) >= 11 is 7.27. The Labute approximate surface area is 114 Å². The minimum Gasteiger partial charge on any atom is -0.465 e. The number of hydrogen-bond donors (Lipinski definition) is 0. The first-order chi connectivity index (χ1) is 8.69. The van der Waals surface area contributed by atoms with Crippen LogP contribution in [0.25, 0.3) is 0 Å². The van der Waals surface area contributed by atoms with Crippen molar-refractivity contribution in [2.24, 2.45) is 0 Å². The van der Waals surface area contributed by atoms with Gasteiger partial charge in [0.2, 0.25) is 0 Å². The first-order valence-corrected chi connectivity index (χ1v) is 6.36. The first kappa shape index (κ1) is 12.9. The summed E-state index contributed by atoms with van der Waals surface area (Å²) in [5.41, 5.74) is 0.538. The molecule has 0 spiro atoms. The summed E-state index contributed by atoms with van der Waals surface area (Å²) in [5, 5.41) is 0.473. The highest BCUT2D eigenvalue weighted by molar-refractivity contribution is 7.99. The largest absolute Gasteiger partial charge is 0.465 e. The van der Waals surface area contributed by atoms with Crippen LogP contribution in [0.4, 0.5) is 0 Å². The maximum Gasteiger partial charge on any atom is 0.337 e. The molecule has 1 aromatic carbocycles. The summed E-state index contributed by atoms with van der Waals surface area (Å²) < 4.78 is 4.64. The van der Waals surface area contributed by atoms with E-state index in [0.29, 0.717) is 10.7 Å². The van der Waals surface area contributed by atoms with Crippen LogP contribution in [0, 0.1) is 0 Å². The van der Waals surface area contributed by atoms with Crippen LogP contribution in [0.15, 0.2) is 52.4 Å². The van der Waals surface area contributed by atoms with Crippen LogP contribution in [0.2, 0.25) is 5.15 Å². The van der Waals surface area contributed by atoms with E-state index in [-0.39, 0.29) is 5.97 Å². The molecule has 0 amide bonds. The summed E-state index contributed by atoms with van der Waals surface area (Å²) in [5.74, 6) is -0.334. The fourth-order valence-electron chi connectivity index (χ4n) is 1.34. The Balaban J connectivity index is 2.10. The number of carbonyl (C=O) groups excluding carboxylic acids is 1. The van der Waals surface area contributed by atoms with Gasteiger partial charge in [-0.2, -0.15) is 0 Å². The Hall–Kier alpha value is -1.52. The molecule has 0 aliphatic carbocycles. The Morgan fingerprint density at radius 3 is 2.39 bits per heavy atom. The van der Waals surface area contributed by atoms with Gasteiger partial charge < -0.3 is 4.74 Å². The van der Waals surface area contributed by atoms with E-state index in [2.05, 4.69) is 9.72 Å². The Kier molecular flexibility index (Phi) is 4.23. The van der Waals surface area contributed by atoms with E-state index in [1.165, 1.54) is 7.11 Å². The van der Waals surface area contributed by atoms with Crippen molar-refractivity contribution >= 4 is 29.3 Å². The van der Waals surface area contributed by atoms with Gasteiger partial charge in [-0.1, -0.05) is 23.4 Å². The number of hydrogen-bond acceptors (Lipinski definition) is 4. The van der Waals surface area contributed by atoms with Gasteiger partial charge in [-0.15, -0.1) is 0 Å². The molecule has 3 nitrogen and oxygen atoms in total. The zero-order chi connectivity index (χ0) is 13.0. The van der Waals surface area contributed by atoms with Crippen molar-refractivity contribution in [2.75, 3.05) is 7.11 Å². The molecular weight excluding hydrogens is 270 g/mol.